The fraction of sp³-hybridized carbons (Fsp3) is 0.111. The Labute approximate surface area is 156 Å². The molecule has 0 fully saturated rings. The molecule has 0 aliphatic carbocycles. The van der Waals surface area contributed by atoms with E-state index in [-0.39, 0.29) is 18.0 Å². The second kappa shape index (κ2) is 7.85. The molecule has 0 saturated carbocycles. The summed E-state index contributed by atoms with van der Waals surface area (Å²) in [4.78, 5) is 14.8. The van der Waals surface area contributed by atoms with Crippen LogP contribution in [0, 0.1) is 0 Å². The van der Waals surface area contributed by atoms with Crippen LogP contribution in [-0.2, 0) is 17.5 Å². The molecule has 28 heavy (non-hydrogen) atoms. The summed E-state index contributed by atoms with van der Waals surface area (Å²) in [5, 5.41) is 7.05. The molecular weight excluding hydrogens is 375 g/mol. The number of ether oxygens (including phenoxy) is 1. The standard InChI is InChI=1S/C18H12F3N5O2/c19-18(20,21)16-15(17(27)28-11-12-4-2-1-3-5-12)10-23-26(16)14-8-6-13(7-9-14)24-25-22/h1-10H,11H2. The molecule has 0 unspecified atom stereocenters. The Morgan fingerprint density at radius 2 is 1.82 bits per heavy atom. The summed E-state index contributed by atoms with van der Waals surface area (Å²) < 4.78 is 46.4. The van der Waals surface area contributed by atoms with Crippen LogP contribution in [0.3, 0.4) is 0 Å². The third kappa shape index (κ3) is 4.13. The van der Waals surface area contributed by atoms with Gasteiger partial charge in [0.1, 0.15) is 12.2 Å². The van der Waals surface area contributed by atoms with Gasteiger partial charge in [-0.3, -0.25) is 0 Å². The third-order valence-electron chi connectivity index (χ3n) is 3.72. The van der Waals surface area contributed by atoms with E-state index in [4.69, 9.17) is 10.3 Å². The van der Waals surface area contributed by atoms with Crippen molar-refractivity contribution < 1.29 is 22.7 Å². The lowest BCUT2D eigenvalue weighted by Crippen LogP contribution is -2.18. The van der Waals surface area contributed by atoms with E-state index >= 15 is 0 Å². The van der Waals surface area contributed by atoms with E-state index in [1.807, 2.05) is 0 Å². The lowest BCUT2D eigenvalue weighted by Gasteiger charge is -2.12. The quantitative estimate of drug-likeness (QED) is 0.261. The number of carbonyl (C=O) groups is 1. The van der Waals surface area contributed by atoms with Crippen LogP contribution < -0.4 is 0 Å². The van der Waals surface area contributed by atoms with E-state index < -0.39 is 23.4 Å². The van der Waals surface area contributed by atoms with Gasteiger partial charge in [0.25, 0.3) is 0 Å². The number of aromatic nitrogens is 2. The minimum absolute atomic E-state index is 0.0475. The minimum atomic E-state index is -4.85. The lowest BCUT2D eigenvalue weighted by atomic mass is 10.2. The van der Waals surface area contributed by atoms with Gasteiger partial charge in [0, 0.05) is 10.6 Å². The molecule has 142 valence electrons. The minimum Gasteiger partial charge on any atom is -0.457 e. The van der Waals surface area contributed by atoms with Crippen molar-refractivity contribution in [3.8, 4) is 5.69 Å². The van der Waals surface area contributed by atoms with Crippen molar-refractivity contribution in [2.45, 2.75) is 12.8 Å². The number of alkyl halides is 3. The molecular formula is C18H12F3N5O2. The van der Waals surface area contributed by atoms with Crippen LogP contribution in [-0.4, -0.2) is 15.7 Å². The van der Waals surface area contributed by atoms with Gasteiger partial charge in [0.2, 0.25) is 0 Å². The Bertz CT molecular complexity index is 1020. The number of hydrogen-bond donors (Lipinski definition) is 0. The Morgan fingerprint density at radius 3 is 2.43 bits per heavy atom. The number of benzene rings is 2. The van der Waals surface area contributed by atoms with Crippen LogP contribution in [0.25, 0.3) is 16.1 Å². The van der Waals surface area contributed by atoms with Crippen molar-refractivity contribution >= 4 is 11.7 Å². The average molecular weight is 387 g/mol. The summed E-state index contributed by atoms with van der Waals surface area (Å²) >= 11 is 0. The molecule has 2 aromatic carbocycles. The van der Waals surface area contributed by atoms with Crippen LogP contribution >= 0.6 is 0 Å². The molecule has 0 aliphatic rings. The van der Waals surface area contributed by atoms with Crippen molar-refractivity contribution in [2.75, 3.05) is 0 Å². The maximum atomic E-state index is 13.6. The van der Waals surface area contributed by atoms with Crippen LogP contribution in [0.15, 0.2) is 65.9 Å². The summed E-state index contributed by atoms with van der Waals surface area (Å²) in [6, 6.07) is 13.9. The monoisotopic (exact) mass is 387 g/mol. The predicted octanol–water partition coefficient (Wildman–Crippen LogP) is 5.19. The van der Waals surface area contributed by atoms with Crippen molar-refractivity contribution in [1.29, 1.82) is 0 Å². The van der Waals surface area contributed by atoms with Crippen LogP contribution in [0.1, 0.15) is 21.6 Å². The predicted molar refractivity (Wildman–Crippen MR) is 92.9 cm³/mol. The van der Waals surface area contributed by atoms with Crippen LogP contribution in [0.5, 0.6) is 0 Å². The topological polar surface area (TPSA) is 92.9 Å². The van der Waals surface area contributed by atoms with Gasteiger partial charge in [0.15, 0.2) is 5.69 Å². The highest BCUT2D eigenvalue weighted by Crippen LogP contribution is 2.34. The maximum Gasteiger partial charge on any atom is 0.434 e. The number of carbonyl (C=O) groups excluding carboxylic acids is 1. The van der Waals surface area contributed by atoms with Crippen molar-refractivity contribution in [3.05, 3.63) is 88.1 Å². The fourth-order valence-corrected chi connectivity index (χ4v) is 2.48. The van der Waals surface area contributed by atoms with E-state index in [0.29, 0.717) is 10.2 Å². The molecule has 0 N–H and O–H groups in total. The van der Waals surface area contributed by atoms with Crippen LogP contribution in [0.4, 0.5) is 18.9 Å². The zero-order valence-corrected chi connectivity index (χ0v) is 14.2. The SMILES string of the molecule is [N-]=[N+]=Nc1ccc(-n2ncc(C(=O)OCc3ccccc3)c2C(F)(F)F)cc1. The molecule has 0 saturated heterocycles. The third-order valence-corrected chi connectivity index (χ3v) is 3.72. The largest absolute Gasteiger partial charge is 0.457 e. The fourth-order valence-electron chi connectivity index (χ4n) is 2.48. The van der Waals surface area contributed by atoms with Gasteiger partial charge in [-0.15, -0.1) is 0 Å². The molecule has 3 aromatic rings. The second-order valence-corrected chi connectivity index (χ2v) is 5.58. The number of azide groups is 1. The van der Waals surface area contributed by atoms with Crippen LogP contribution in [0.2, 0.25) is 0 Å². The van der Waals surface area contributed by atoms with E-state index in [2.05, 4.69) is 15.1 Å². The highest BCUT2D eigenvalue weighted by atomic mass is 19.4. The zero-order valence-electron chi connectivity index (χ0n) is 14.2. The Balaban J connectivity index is 1.92. The number of halogens is 3. The molecule has 0 amide bonds. The first-order valence-corrected chi connectivity index (χ1v) is 7.92. The number of esters is 1. The number of hydrogen-bond acceptors (Lipinski definition) is 4. The van der Waals surface area contributed by atoms with E-state index in [1.54, 1.807) is 30.3 Å². The summed E-state index contributed by atoms with van der Waals surface area (Å²) in [6.45, 7) is -0.164. The molecule has 0 bridgehead atoms. The molecule has 7 nitrogen and oxygen atoms in total. The highest BCUT2D eigenvalue weighted by molar-refractivity contribution is 5.90. The van der Waals surface area contributed by atoms with E-state index in [9.17, 15) is 18.0 Å². The van der Waals surface area contributed by atoms with Gasteiger partial charge in [-0.05, 0) is 23.2 Å². The van der Waals surface area contributed by atoms with Crippen molar-refractivity contribution in [1.82, 2.24) is 9.78 Å². The molecule has 0 atom stereocenters. The molecule has 10 heteroatoms. The molecule has 0 aliphatic heterocycles. The molecule has 0 radical (unpaired) electrons. The highest BCUT2D eigenvalue weighted by Gasteiger charge is 2.41. The molecule has 0 spiro atoms. The number of nitrogens with zero attached hydrogens (tertiary/aromatic N) is 5. The van der Waals surface area contributed by atoms with Gasteiger partial charge in [-0.1, -0.05) is 47.6 Å². The lowest BCUT2D eigenvalue weighted by molar-refractivity contribution is -0.143. The zero-order chi connectivity index (χ0) is 20.1. The molecule has 1 heterocycles. The molecule has 1 aromatic heterocycles. The Kier molecular flexibility index (Phi) is 5.32. The van der Waals surface area contributed by atoms with Crippen molar-refractivity contribution in [3.63, 3.8) is 0 Å². The average Bonchev–Trinajstić information content (AvgIpc) is 3.14. The summed E-state index contributed by atoms with van der Waals surface area (Å²) in [5.74, 6) is -1.13. The normalized spacial score (nSPS) is 11.0. The first-order chi connectivity index (χ1) is 13.4. The second-order valence-electron chi connectivity index (χ2n) is 5.58. The first kappa shape index (κ1) is 19.0. The maximum absolute atomic E-state index is 13.6. The smallest absolute Gasteiger partial charge is 0.434 e. The van der Waals surface area contributed by atoms with Gasteiger partial charge < -0.3 is 4.74 Å². The first-order valence-electron chi connectivity index (χ1n) is 7.92. The van der Waals surface area contributed by atoms with E-state index in [0.717, 1.165) is 6.20 Å². The van der Waals surface area contributed by atoms with Crippen molar-refractivity contribution in [2.24, 2.45) is 5.11 Å². The molecule has 3 rings (SSSR count). The van der Waals surface area contributed by atoms with Gasteiger partial charge >= 0.3 is 12.1 Å². The van der Waals surface area contributed by atoms with E-state index in [1.165, 1.54) is 24.3 Å². The van der Waals surface area contributed by atoms with Gasteiger partial charge in [-0.25, -0.2) is 9.48 Å². The Hall–Kier alpha value is -3.78. The number of rotatable bonds is 5. The van der Waals surface area contributed by atoms with Gasteiger partial charge in [-0.2, -0.15) is 18.3 Å². The Morgan fingerprint density at radius 1 is 1.14 bits per heavy atom. The summed E-state index contributed by atoms with van der Waals surface area (Å²) in [6.07, 6.45) is -4.03. The summed E-state index contributed by atoms with van der Waals surface area (Å²) in [5.41, 5.74) is 7.38. The summed E-state index contributed by atoms with van der Waals surface area (Å²) in [7, 11) is 0. The van der Waals surface area contributed by atoms with Gasteiger partial charge in [0.05, 0.1) is 11.9 Å².